The Morgan fingerprint density at radius 1 is 1.18 bits per heavy atom. The first kappa shape index (κ1) is 15.7. The molecule has 0 aromatic heterocycles. The van der Waals surface area contributed by atoms with Crippen molar-refractivity contribution in [2.75, 3.05) is 29.5 Å². The summed E-state index contributed by atoms with van der Waals surface area (Å²) in [6.45, 7) is 1.90. The molecule has 2 N–H and O–H groups in total. The Morgan fingerprint density at radius 2 is 1.82 bits per heavy atom. The number of amides is 1. The summed E-state index contributed by atoms with van der Waals surface area (Å²) >= 11 is 1.81. The van der Waals surface area contributed by atoms with Gasteiger partial charge in [0, 0.05) is 24.8 Å². The molecule has 2 fully saturated rings. The maximum absolute atomic E-state index is 12.4. The zero-order valence-electron chi connectivity index (χ0n) is 12.8. The standard InChI is InChI=1S/C17H24N2O2S/c20-16(17(21)8-12-22-13-9-17)18-14-6-10-19(11-7-14)15-4-2-1-3-5-15/h1-5,14,21H,6-13H2,(H,18,20). The summed E-state index contributed by atoms with van der Waals surface area (Å²) < 4.78 is 0. The Balaban J connectivity index is 1.50. The minimum atomic E-state index is -1.14. The van der Waals surface area contributed by atoms with E-state index in [1.54, 1.807) is 0 Å². The van der Waals surface area contributed by atoms with Gasteiger partial charge in [0.1, 0.15) is 5.60 Å². The van der Waals surface area contributed by atoms with Gasteiger partial charge in [0.15, 0.2) is 0 Å². The summed E-state index contributed by atoms with van der Waals surface area (Å²) in [6.07, 6.45) is 3.02. The van der Waals surface area contributed by atoms with Crippen LogP contribution in [-0.2, 0) is 4.79 Å². The number of benzene rings is 1. The zero-order valence-corrected chi connectivity index (χ0v) is 13.6. The molecule has 4 nitrogen and oxygen atoms in total. The SMILES string of the molecule is O=C(NC1CCN(c2ccccc2)CC1)C1(O)CCSCC1. The van der Waals surface area contributed by atoms with Gasteiger partial charge >= 0.3 is 0 Å². The number of nitrogens with zero attached hydrogens (tertiary/aromatic N) is 1. The van der Waals surface area contributed by atoms with E-state index >= 15 is 0 Å². The molecule has 1 amide bonds. The average molecular weight is 320 g/mol. The molecule has 0 spiro atoms. The highest BCUT2D eigenvalue weighted by atomic mass is 32.2. The highest BCUT2D eigenvalue weighted by Gasteiger charge is 2.38. The minimum Gasteiger partial charge on any atom is -0.380 e. The monoisotopic (exact) mass is 320 g/mol. The number of hydrogen-bond donors (Lipinski definition) is 2. The van der Waals surface area contributed by atoms with Gasteiger partial charge in [0.2, 0.25) is 0 Å². The number of carbonyl (C=O) groups is 1. The van der Waals surface area contributed by atoms with Crippen LogP contribution in [0.25, 0.3) is 0 Å². The van der Waals surface area contributed by atoms with Crippen LogP contribution in [0.2, 0.25) is 0 Å². The summed E-state index contributed by atoms with van der Waals surface area (Å²) in [7, 11) is 0. The van der Waals surface area contributed by atoms with Crippen LogP contribution in [-0.4, -0.2) is 47.3 Å². The van der Waals surface area contributed by atoms with E-state index in [0.717, 1.165) is 37.4 Å². The zero-order chi connectivity index (χ0) is 15.4. The molecule has 0 bridgehead atoms. The molecular formula is C17H24N2O2S. The number of thioether (sulfide) groups is 1. The van der Waals surface area contributed by atoms with Crippen molar-refractivity contribution in [2.24, 2.45) is 0 Å². The van der Waals surface area contributed by atoms with Gasteiger partial charge in [-0.3, -0.25) is 4.79 Å². The van der Waals surface area contributed by atoms with Crippen LogP contribution in [0.5, 0.6) is 0 Å². The minimum absolute atomic E-state index is 0.161. The second-order valence-electron chi connectivity index (χ2n) is 6.21. The Bertz CT molecular complexity index is 495. The summed E-state index contributed by atoms with van der Waals surface area (Å²) in [5.41, 5.74) is 0.108. The number of hydrogen-bond acceptors (Lipinski definition) is 4. The van der Waals surface area contributed by atoms with Gasteiger partial charge < -0.3 is 15.3 Å². The van der Waals surface area contributed by atoms with Gasteiger partial charge in [-0.25, -0.2) is 0 Å². The smallest absolute Gasteiger partial charge is 0.252 e. The fourth-order valence-corrected chi connectivity index (χ4v) is 4.34. The largest absolute Gasteiger partial charge is 0.380 e. The van der Waals surface area contributed by atoms with Crippen LogP contribution >= 0.6 is 11.8 Å². The van der Waals surface area contributed by atoms with Gasteiger partial charge in [-0.15, -0.1) is 0 Å². The van der Waals surface area contributed by atoms with E-state index in [4.69, 9.17) is 0 Å². The van der Waals surface area contributed by atoms with Crippen molar-refractivity contribution in [1.82, 2.24) is 5.32 Å². The molecule has 2 saturated heterocycles. The van der Waals surface area contributed by atoms with E-state index in [1.165, 1.54) is 5.69 Å². The molecule has 0 unspecified atom stereocenters. The van der Waals surface area contributed by atoms with E-state index in [1.807, 2.05) is 17.8 Å². The van der Waals surface area contributed by atoms with Crippen LogP contribution < -0.4 is 10.2 Å². The fraction of sp³-hybridized carbons (Fsp3) is 0.588. The maximum Gasteiger partial charge on any atom is 0.252 e. The molecule has 1 aromatic carbocycles. The van der Waals surface area contributed by atoms with Crippen LogP contribution in [0.4, 0.5) is 5.69 Å². The van der Waals surface area contributed by atoms with E-state index in [9.17, 15) is 9.90 Å². The molecule has 3 rings (SSSR count). The Kier molecular flexibility index (Phi) is 4.93. The third-order valence-corrected chi connectivity index (χ3v) is 5.68. The molecule has 0 aliphatic carbocycles. The number of rotatable bonds is 3. The lowest BCUT2D eigenvalue weighted by Crippen LogP contribution is -2.54. The van der Waals surface area contributed by atoms with Crippen LogP contribution in [0.3, 0.4) is 0 Å². The first-order valence-corrected chi connectivity index (χ1v) is 9.24. The molecule has 0 radical (unpaired) electrons. The maximum atomic E-state index is 12.4. The van der Waals surface area contributed by atoms with Crippen molar-refractivity contribution in [3.05, 3.63) is 30.3 Å². The Labute approximate surface area is 136 Å². The molecule has 5 heteroatoms. The second-order valence-corrected chi connectivity index (χ2v) is 7.44. The fourth-order valence-electron chi connectivity index (χ4n) is 3.18. The van der Waals surface area contributed by atoms with Crippen molar-refractivity contribution in [1.29, 1.82) is 0 Å². The lowest BCUT2D eigenvalue weighted by molar-refractivity contribution is -0.141. The molecule has 0 saturated carbocycles. The predicted octanol–water partition coefficient (Wildman–Crippen LogP) is 2.03. The van der Waals surface area contributed by atoms with E-state index in [2.05, 4.69) is 34.5 Å². The highest BCUT2D eigenvalue weighted by molar-refractivity contribution is 7.99. The Hall–Kier alpha value is -1.20. The third-order valence-electron chi connectivity index (χ3n) is 4.69. The summed E-state index contributed by atoms with van der Waals surface area (Å²) in [5, 5.41) is 13.5. The van der Waals surface area contributed by atoms with Crippen LogP contribution in [0.15, 0.2) is 30.3 Å². The lowest BCUT2D eigenvalue weighted by Gasteiger charge is -2.36. The molecule has 2 aliphatic rings. The molecule has 0 atom stereocenters. The number of para-hydroxylation sites is 1. The quantitative estimate of drug-likeness (QED) is 0.895. The summed E-state index contributed by atoms with van der Waals surface area (Å²) in [6, 6.07) is 10.6. The van der Waals surface area contributed by atoms with Gasteiger partial charge in [0.05, 0.1) is 0 Å². The molecule has 2 heterocycles. The van der Waals surface area contributed by atoms with Crippen LogP contribution in [0.1, 0.15) is 25.7 Å². The van der Waals surface area contributed by atoms with Gasteiger partial charge in [-0.2, -0.15) is 11.8 Å². The highest BCUT2D eigenvalue weighted by Crippen LogP contribution is 2.28. The predicted molar refractivity (Wildman–Crippen MR) is 91.3 cm³/mol. The number of carbonyl (C=O) groups excluding carboxylic acids is 1. The number of piperidine rings is 1. The normalized spacial score (nSPS) is 22.3. The molecular weight excluding hydrogens is 296 g/mol. The van der Waals surface area contributed by atoms with E-state index in [0.29, 0.717) is 12.8 Å². The summed E-state index contributed by atoms with van der Waals surface area (Å²) in [4.78, 5) is 14.7. The van der Waals surface area contributed by atoms with Crippen molar-refractivity contribution in [2.45, 2.75) is 37.3 Å². The van der Waals surface area contributed by atoms with Crippen molar-refractivity contribution in [3.8, 4) is 0 Å². The second kappa shape index (κ2) is 6.92. The summed E-state index contributed by atoms with van der Waals surface area (Å²) in [5.74, 6) is 1.58. The van der Waals surface area contributed by atoms with Gasteiger partial charge in [0.25, 0.3) is 5.91 Å². The van der Waals surface area contributed by atoms with Gasteiger partial charge in [-0.05, 0) is 49.3 Å². The number of nitrogens with one attached hydrogen (secondary N) is 1. The third kappa shape index (κ3) is 3.58. The van der Waals surface area contributed by atoms with Crippen molar-refractivity contribution < 1.29 is 9.90 Å². The van der Waals surface area contributed by atoms with E-state index in [-0.39, 0.29) is 11.9 Å². The molecule has 1 aromatic rings. The molecule has 120 valence electrons. The average Bonchev–Trinajstić information content (AvgIpc) is 2.57. The van der Waals surface area contributed by atoms with Crippen LogP contribution in [0, 0.1) is 0 Å². The Morgan fingerprint density at radius 3 is 2.45 bits per heavy atom. The van der Waals surface area contributed by atoms with Gasteiger partial charge in [-0.1, -0.05) is 18.2 Å². The molecule has 22 heavy (non-hydrogen) atoms. The number of anilines is 1. The first-order valence-electron chi connectivity index (χ1n) is 8.08. The molecule has 2 aliphatic heterocycles. The topological polar surface area (TPSA) is 52.6 Å². The lowest BCUT2D eigenvalue weighted by atomic mass is 9.94. The van der Waals surface area contributed by atoms with E-state index < -0.39 is 5.60 Å². The van der Waals surface area contributed by atoms with Crippen molar-refractivity contribution >= 4 is 23.4 Å². The van der Waals surface area contributed by atoms with Crippen molar-refractivity contribution in [3.63, 3.8) is 0 Å². The number of aliphatic hydroxyl groups is 1. The first-order chi connectivity index (χ1) is 10.7.